The molecule has 1 saturated carbocycles. The van der Waals surface area contributed by atoms with Gasteiger partial charge >= 0.3 is 12.1 Å². The lowest BCUT2D eigenvalue weighted by molar-refractivity contribution is -0.148. The zero-order valence-corrected chi connectivity index (χ0v) is 25.9. The number of alkyl carbamates (subject to hydrolysis) is 1. The van der Waals surface area contributed by atoms with Crippen molar-refractivity contribution in [3.8, 4) is 0 Å². The normalized spacial score (nSPS) is 16.5. The summed E-state index contributed by atoms with van der Waals surface area (Å²) in [6.07, 6.45) is 4.87. The van der Waals surface area contributed by atoms with Crippen molar-refractivity contribution in [1.82, 2.24) is 16.0 Å². The van der Waals surface area contributed by atoms with Crippen molar-refractivity contribution in [2.24, 2.45) is 11.3 Å². The number of rotatable bonds is 15. The Labute approximate surface area is 250 Å². The number of carbonyl (C=O) groups is 4. The third kappa shape index (κ3) is 13.2. The van der Waals surface area contributed by atoms with Gasteiger partial charge in [-0.25, -0.2) is 4.79 Å². The van der Waals surface area contributed by atoms with Gasteiger partial charge in [0.15, 0.2) is 0 Å². The van der Waals surface area contributed by atoms with Crippen LogP contribution in [-0.2, 0) is 25.5 Å². The maximum Gasteiger partial charge on any atom is 0.407 e. The second kappa shape index (κ2) is 16.5. The summed E-state index contributed by atoms with van der Waals surface area (Å²) in [6.45, 7) is 8.60. The van der Waals surface area contributed by atoms with Crippen LogP contribution in [0.2, 0.25) is 0 Å². The van der Waals surface area contributed by atoms with E-state index >= 15 is 0 Å². The molecule has 236 valence electrons. The molecule has 10 nitrogen and oxygen atoms in total. The van der Waals surface area contributed by atoms with Crippen molar-refractivity contribution in [3.63, 3.8) is 0 Å². The van der Waals surface area contributed by atoms with Crippen LogP contribution in [0.25, 0.3) is 0 Å². The molecule has 2 unspecified atom stereocenters. The molecule has 3 amide bonds. The average Bonchev–Trinajstić information content (AvgIpc) is 2.90. The Morgan fingerprint density at radius 3 is 2.21 bits per heavy atom. The van der Waals surface area contributed by atoms with E-state index in [4.69, 9.17) is 4.74 Å². The van der Waals surface area contributed by atoms with E-state index in [1.807, 2.05) is 30.3 Å². The fourth-order valence-electron chi connectivity index (χ4n) is 5.22. The molecule has 3 atom stereocenters. The summed E-state index contributed by atoms with van der Waals surface area (Å²) in [6, 6.07) is 8.02. The minimum atomic E-state index is -1.28. The van der Waals surface area contributed by atoms with E-state index in [0.29, 0.717) is 25.3 Å². The Hall–Kier alpha value is -3.14. The molecule has 0 heterocycles. The quantitative estimate of drug-likeness (QED) is 0.191. The molecule has 1 aliphatic rings. The summed E-state index contributed by atoms with van der Waals surface area (Å²) in [7, 11) is 0. The van der Waals surface area contributed by atoms with Crippen molar-refractivity contribution in [2.75, 3.05) is 6.54 Å². The van der Waals surface area contributed by atoms with Gasteiger partial charge in [-0.05, 0) is 71.8 Å². The first-order chi connectivity index (χ1) is 19.7. The Balaban J connectivity index is 2.05. The van der Waals surface area contributed by atoms with Gasteiger partial charge in [-0.15, -0.1) is 0 Å². The topological polar surface area (TPSA) is 154 Å². The minimum Gasteiger partial charge on any atom is -0.481 e. The number of aliphatic hydroxyl groups is 1. The van der Waals surface area contributed by atoms with E-state index in [1.165, 1.54) is 13.8 Å². The molecule has 42 heavy (non-hydrogen) atoms. The first kappa shape index (κ1) is 35.1. The van der Waals surface area contributed by atoms with E-state index in [-0.39, 0.29) is 12.8 Å². The van der Waals surface area contributed by atoms with Crippen LogP contribution in [-0.4, -0.2) is 64.4 Å². The van der Waals surface area contributed by atoms with Crippen LogP contribution < -0.4 is 16.0 Å². The standard InChI is InChI=1S/C32H51N3O7/c1-31(2,3)42-30(41)35-24(19-23-15-10-7-11-16-23)26(36)20-27(37)34-25(21-32(4,5)29(39)40)28(38)33-18-12-17-22-13-8-6-9-14-22/h6,8-9,13-14,23-26,36H,7,10-12,15-21H2,1-5H3,(H,33,38)(H,34,37)(H,35,41)(H,39,40)/t24?,25-,26?/m0/s1. The minimum absolute atomic E-state index is 0.129. The molecule has 5 N–H and O–H groups in total. The van der Waals surface area contributed by atoms with Crippen molar-refractivity contribution < 1.29 is 34.1 Å². The number of hydrogen-bond donors (Lipinski definition) is 5. The highest BCUT2D eigenvalue weighted by molar-refractivity contribution is 5.88. The van der Waals surface area contributed by atoms with Crippen LogP contribution in [0.3, 0.4) is 0 Å². The Morgan fingerprint density at radius 2 is 1.62 bits per heavy atom. The van der Waals surface area contributed by atoms with Crippen LogP contribution in [0.15, 0.2) is 30.3 Å². The molecule has 0 saturated heterocycles. The van der Waals surface area contributed by atoms with Gasteiger partial charge in [-0.3, -0.25) is 14.4 Å². The molecule has 1 aromatic rings. The van der Waals surface area contributed by atoms with Gasteiger partial charge in [-0.1, -0.05) is 62.4 Å². The zero-order valence-electron chi connectivity index (χ0n) is 25.9. The number of aliphatic hydroxyl groups excluding tert-OH is 1. The Kier molecular flexibility index (Phi) is 13.8. The fraction of sp³-hybridized carbons (Fsp3) is 0.688. The van der Waals surface area contributed by atoms with E-state index in [9.17, 15) is 29.4 Å². The fourth-order valence-corrected chi connectivity index (χ4v) is 5.22. The SMILES string of the molecule is CC(C)(C)OC(=O)NC(CC1CCCCC1)C(O)CC(=O)N[C@@H](CC(C)(C)C(=O)O)C(=O)NCCCc1ccccc1. The number of hydrogen-bond acceptors (Lipinski definition) is 6. The third-order valence-corrected chi connectivity index (χ3v) is 7.60. The summed E-state index contributed by atoms with van der Waals surface area (Å²) in [5.41, 5.74) is -0.861. The Morgan fingerprint density at radius 1 is 0.976 bits per heavy atom. The summed E-state index contributed by atoms with van der Waals surface area (Å²) < 4.78 is 5.39. The van der Waals surface area contributed by atoms with Gasteiger partial charge in [0.05, 0.1) is 24.0 Å². The lowest BCUT2D eigenvalue weighted by atomic mass is 9.83. The van der Waals surface area contributed by atoms with Gasteiger partial charge in [0.25, 0.3) is 0 Å². The predicted molar refractivity (Wildman–Crippen MR) is 161 cm³/mol. The van der Waals surface area contributed by atoms with Crippen LogP contribution in [0.4, 0.5) is 4.79 Å². The molecular weight excluding hydrogens is 538 g/mol. The van der Waals surface area contributed by atoms with Crippen LogP contribution in [0.1, 0.15) is 98.0 Å². The van der Waals surface area contributed by atoms with E-state index < -0.39 is 53.1 Å². The number of aliphatic carboxylic acids is 1. The summed E-state index contributed by atoms with van der Waals surface area (Å²) in [5, 5.41) is 29.0. The number of aryl methyl sites for hydroxylation is 1. The molecule has 0 radical (unpaired) electrons. The van der Waals surface area contributed by atoms with E-state index in [1.54, 1.807) is 20.8 Å². The smallest absolute Gasteiger partial charge is 0.407 e. The molecule has 10 heteroatoms. The maximum atomic E-state index is 13.1. The average molecular weight is 590 g/mol. The number of carbonyl (C=O) groups excluding carboxylic acids is 3. The highest BCUT2D eigenvalue weighted by Gasteiger charge is 2.36. The van der Waals surface area contributed by atoms with Gasteiger partial charge in [0.2, 0.25) is 11.8 Å². The molecule has 1 aromatic carbocycles. The molecule has 0 aliphatic heterocycles. The number of carboxylic acid groups (broad SMARTS) is 1. The summed E-state index contributed by atoms with van der Waals surface area (Å²) >= 11 is 0. The van der Waals surface area contributed by atoms with Crippen molar-refractivity contribution in [3.05, 3.63) is 35.9 Å². The van der Waals surface area contributed by atoms with Crippen LogP contribution >= 0.6 is 0 Å². The largest absolute Gasteiger partial charge is 0.481 e. The number of nitrogens with one attached hydrogen (secondary N) is 3. The lowest BCUT2D eigenvalue weighted by Gasteiger charge is -2.31. The number of carboxylic acids is 1. The molecule has 1 aliphatic carbocycles. The molecule has 0 spiro atoms. The van der Waals surface area contributed by atoms with Gasteiger partial charge in [-0.2, -0.15) is 0 Å². The van der Waals surface area contributed by atoms with E-state index in [0.717, 1.165) is 44.1 Å². The van der Waals surface area contributed by atoms with Gasteiger partial charge in [0.1, 0.15) is 11.6 Å². The maximum absolute atomic E-state index is 13.1. The monoisotopic (exact) mass is 589 g/mol. The molecule has 0 bridgehead atoms. The van der Waals surface area contributed by atoms with Crippen molar-refractivity contribution in [1.29, 1.82) is 0 Å². The zero-order chi connectivity index (χ0) is 31.3. The summed E-state index contributed by atoms with van der Waals surface area (Å²) in [5.74, 6) is -1.87. The Bertz CT molecular complexity index is 1020. The molecule has 0 aromatic heterocycles. The van der Waals surface area contributed by atoms with Crippen LogP contribution in [0, 0.1) is 11.3 Å². The van der Waals surface area contributed by atoms with Crippen molar-refractivity contribution >= 4 is 23.9 Å². The highest BCUT2D eigenvalue weighted by atomic mass is 16.6. The first-order valence-electron chi connectivity index (χ1n) is 15.2. The number of benzene rings is 1. The second-order valence-corrected chi connectivity index (χ2v) is 13.2. The predicted octanol–water partition coefficient (Wildman–Crippen LogP) is 4.34. The number of ether oxygens (including phenoxy) is 1. The number of amides is 3. The van der Waals surface area contributed by atoms with E-state index in [2.05, 4.69) is 16.0 Å². The van der Waals surface area contributed by atoms with Gasteiger partial charge < -0.3 is 30.9 Å². The van der Waals surface area contributed by atoms with Gasteiger partial charge in [0, 0.05) is 6.54 Å². The molecule has 2 rings (SSSR count). The van der Waals surface area contributed by atoms with Crippen LogP contribution in [0.5, 0.6) is 0 Å². The second-order valence-electron chi connectivity index (χ2n) is 13.2. The van der Waals surface area contributed by atoms with Crippen molar-refractivity contribution in [2.45, 2.75) is 123 Å². The first-order valence-corrected chi connectivity index (χ1v) is 15.2. The molecule has 1 fully saturated rings. The summed E-state index contributed by atoms with van der Waals surface area (Å²) in [4.78, 5) is 50.6. The highest BCUT2D eigenvalue weighted by Crippen LogP contribution is 2.29. The lowest BCUT2D eigenvalue weighted by Crippen LogP contribution is -2.52. The molecular formula is C32H51N3O7. The third-order valence-electron chi connectivity index (χ3n) is 7.60.